The van der Waals surface area contributed by atoms with Crippen LogP contribution >= 0.6 is 11.8 Å². The van der Waals surface area contributed by atoms with Crippen LogP contribution in [0.15, 0.2) is 70.6 Å². The van der Waals surface area contributed by atoms with Crippen LogP contribution in [0, 0.1) is 13.8 Å². The molecule has 4 aromatic rings. The van der Waals surface area contributed by atoms with Crippen LogP contribution in [0.2, 0.25) is 0 Å². The highest BCUT2D eigenvalue weighted by molar-refractivity contribution is 7.98. The van der Waals surface area contributed by atoms with Crippen LogP contribution in [-0.4, -0.2) is 25.8 Å². The Morgan fingerprint density at radius 3 is 2.61 bits per heavy atom. The molecule has 3 heterocycles. The Balaban J connectivity index is 1.36. The minimum absolute atomic E-state index is 0.144. The summed E-state index contributed by atoms with van der Waals surface area (Å²) in [5, 5.41) is 11.9. The van der Waals surface area contributed by atoms with Crippen molar-refractivity contribution in [2.24, 2.45) is 0 Å². The molecule has 0 unspecified atom stereocenters. The van der Waals surface area contributed by atoms with E-state index in [1.54, 1.807) is 24.5 Å². The number of carbonyl (C=O) groups excluding carboxylic acids is 1. The van der Waals surface area contributed by atoms with E-state index in [0.29, 0.717) is 22.9 Å². The second-order valence-corrected chi connectivity index (χ2v) is 8.11. The largest absolute Gasteiger partial charge is 0.361 e. The quantitative estimate of drug-likeness (QED) is 0.420. The van der Waals surface area contributed by atoms with Gasteiger partial charge in [-0.1, -0.05) is 29.4 Å². The molecule has 0 radical (unpaired) electrons. The first-order chi connectivity index (χ1) is 15.1. The number of benzene rings is 1. The molecule has 0 aliphatic carbocycles. The third-order valence-corrected chi connectivity index (χ3v) is 5.96. The van der Waals surface area contributed by atoms with Crippen molar-refractivity contribution in [3.05, 3.63) is 94.8 Å². The fraction of sp³-hybridized carbons (Fsp3) is 0.217. The van der Waals surface area contributed by atoms with Crippen LogP contribution in [0.4, 0.5) is 0 Å². The molecule has 1 aromatic carbocycles. The number of nitrogens with one attached hydrogen (secondary N) is 1. The number of hydrogen-bond donors (Lipinski definition) is 1. The van der Waals surface area contributed by atoms with E-state index in [9.17, 15) is 4.79 Å². The first kappa shape index (κ1) is 20.9. The van der Waals surface area contributed by atoms with Crippen molar-refractivity contribution in [3.8, 4) is 0 Å². The fourth-order valence-corrected chi connectivity index (χ4v) is 4.29. The molecule has 158 valence electrons. The van der Waals surface area contributed by atoms with E-state index < -0.39 is 0 Å². The maximum absolute atomic E-state index is 12.8. The van der Waals surface area contributed by atoms with Gasteiger partial charge in [0.1, 0.15) is 10.8 Å². The molecule has 0 saturated carbocycles. The standard InChI is InChI=1S/C23H23N5O2S/c1-16-21(17(2)30-27-16)15-31-23-20(5-3-10-24-23)22(29)25-13-18-6-8-19(9-7-18)14-28-12-4-11-26-28/h3-12H,13-15H2,1-2H3,(H,25,29). The van der Waals surface area contributed by atoms with Crippen LogP contribution in [0.5, 0.6) is 0 Å². The summed E-state index contributed by atoms with van der Waals surface area (Å²) in [6.45, 7) is 4.98. The first-order valence-corrected chi connectivity index (χ1v) is 10.9. The predicted molar refractivity (Wildman–Crippen MR) is 119 cm³/mol. The number of amides is 1. The van der Waals surface area contributed by atoms with Gasteiger partial charge in [-0.3, -0.25) is 9.48 Å². The van der Waals surface area contributed by atoms with E-state index in [4.69, 9.17) is 4.52 Å². The van der Waals surface area contributed by atoms with Gasteiger partial charge in [0.05, 0.1) is 17.8 Å². The number of aryl methyl sites for hydroxylation is 2. The molecule has 0 saturated heterocycles. The Morgan fingerprint density at radius 1 is 1.10 bits per heavy atom. The zero-order valence-electron chi connectivity index (χ0n) is 17.4. The van der Waals surface area contributed by atoms with Crippen LogP contribution in [-0.2, 0) is 18.8 Å². The minimum atomic E-state index is -0.144. The van der Waals surface area contributed by atoms with Gasteiger partial charge in [-0.05, 0) is 43.2 Å². The van der Waals surface area contributed by atoms with E-state index >= 15 is 0 Å². The molecule has 1 amide bonds. The van der Waals surface area contributed by atoms with Gasteiger partial charge in [0.25, 0.3) is 5.91 Å². The molecule has 7 nitrogen and oxygen atoms in total. The van der Waals surface area contributed by atoms with Crippen LogP contribution in [0.25, 0.3) is 0 Å². The second kappa shape index (κ2) is 9.61. The molecule has 1 N–H and O–H groups in total. The molecule has 0 fully saturated rings. The number of thioether (sulfide) groups is 1. The fourth-order valence-electron chi connectivity index (χ4n) is 3.15. The summed E-state index contributed by atoms with van der Waals surface area (Å²) in [5.41, 5.74) is 4.66. The average Bonchev–Trinajstić information content (AvgIpc) is 3.41. The molecule has 4 rings (SSSR count). The van der Waals surface area contributed by atoms with Crippen molar-refractivity contribution in [2.45, 2.75) is 37.7 Å². The summed E-state index contributed by atoms with van der Waals surface area (Å²) in [6, 6.07) is 13.6. The summed E-state index contributed by atoms with van der Waals surface area (Å²) < 4.78 is 7.09. The molecule has 0 atom stereocenters. The molecule has 3 aromatic heterocycles. The topological polar surface area (TPSA) is 85.8 Å². The zero-order valence-corrected chi connectivity index (χ0v) is 18.2. The van der Waals surface area contributed by atoms with Gasteiger partial charge >= 0.3 is 0 Å². The lowest BCUT2D eigenvalue weighted by molar-refractivity contribution is 0.0947. The highest BCUT2D eigenvalue weighted by Crippen LogP contribution is 2.27. The first-order valence-electron chi connectivity index (χ1n) is 9.93. The molecule has 0 aliphatic heterocycles. The lowest BCUT2D eigenvalue weighted by Gasteiger charge is -2.10. The molecule has 0 bridgehead atoms. The third-order valence-electron chi connectivity index (χ3n) is 4.93. The second-order valence-electron chi connectivity index (χ2n) is 7.15. The van der Waals surface area contributed by atoms with Crippen molar-refractivity contribution >= 4 is 17.7 Å². The Kier molecular flexibility index (Phi) is 6.47. The van der Waals surface area contributed by atoms with Crippen molar-refractivity contribution in [1.82, 2.24) is 25.2 Å². The number of carbonyl (C=O) groups is 1. The van der Waals surface area contributed by atoms with Crippen LogP contribution < -0.4 is 5.32 Å². The van der Waals surface area contributed by atoms with Crippen LogP contribution in [0.3, 0.4) is 0 Å². The SMILES string of the molecule is Cc1noc(C)c1CSc1ncccc1C(=O)NCc1ccc(Cn2cccn2)cc1. The van der Waals surface area contributed by atoms with E-state index in [1.807, 2.05) is 42.9 Å². The summed E-state index contributed by atoms with van der Waals surface area (Å²) in [5.74, 6) is 1.30. The predicted octanol–water partition coefficient (Wildman–Crippen LogP) is 4.15. The lowest BCUT2D eigenvalue weighted by atomic mass is 10.1. The maximum atomic E-state index is 12.8. The van der Waals surface area contributed by atoms with E-state index in [-0.39, 0.29) is 5.91 Å². The van der Waals surface area contributed by atoms with Gasteiger partial charge in [0.2, 0.25) is 0 Å². The minimum Gasteiger partial charge on any atom is -0.361 e. The Labute approximate surface area is 184 Å². The monoisotopic (exact) mass is 433 g/mol. The molecule has 8 heteroatoms. The van der Waals surface area contributed by atoms with E-state index in [2.05, 4.69) is 32.7 Å². The summed E-state index contributed by atoms with van der Waals surface area (Å²) in [7, 11) is 0. The van der Waals surface area contributed by atoms with Crippen molar-refractivity contribution in [2.75, 3.05) is 0 Å². The molecule has 0 aliphatic rings. The van der Waals surface area contributed by atoms with Crippen LogP contribution in [0.1, 0.15) is 38.5 Å². The normalized spacial score (nSPS) is 10.9. The van der Waals surface area contributed by atoms with Crippen molar-refractivity contribution in [3.63, 3.8) is 0 Å². The van der Waals surface area contributed by atoms with Crippen molar-refractivity contribution in [1.29, 1.82) is 0 Å². The molecule has 0 spiro atoms. The lowest BCUT2D eigenvalue weighted by Crippen LogP contribution is -2.23. The van der Waals surface area contributed by atoms with E-state index in [0.717, 1.165) is 34.7 Å². The van der Waals surface area contributed by atoms with E-state index in [1.165, 1.54) is 11.8 Å². The average molecular weight is 434 g/mol. The molecule has 31 heavy (non-hydrogen) atoms. The smallest absolute Gasteiger partial charge is 0.254 e. The molecular weight excluding hydrogens is 410 g/mol. The van der Waals surface area contributed by atoms with Gasteiger partial charge in [-0.25, -0.2) is 4.98 Å². The number of pyridine rings is 1. The number of hydrogen-bond acceptors (Lipinski definition) is 6. The zero-order chi connectivity index (χ0) is 21.6. The number of aromatic nitrogens is 4. The molecular formula is C23H23N5O2S. The Bertz CT molecular complexity index is 1130. The number of nitrogens with zero attached hydrogens (tertiary/aromatic N) is 4. The van der Waals surface area contributed by atoms with Gasteiger partial charge in [-0.2, -0.15) is 5.10 Å². The highest BCUT2D eigenvalue weighted by Gasteiger charge is 2.15. The summed E-state index contributed by atoms with van der Waals surface area (Å²) >= 11 is 1.51. The highest BCUT2D eigenvalue weighted by atomic mass is 32.2. The van der Waals surface area contributed by atoms with Crippen molar-refractivity contribution < 1.29 is 9.32 Å². The third kappa shape index (κ3) is 5.21. The van der Waals surface area contributed by atoms with Gasteiger partial charge < -0.3 is 9.84 Å². The maximum Gasteiger partial charge on any atom is 0.254 e. The van der Waals surface area contributed by atoms with Gasteiger partial charge in [-0.15, -0.1) is 11.8 Å². The Morgan fingerprint density at radius 2 is 1.90 bits per heavy atom. The summed E-state index contributed by atoms with van der Waals surface area (Å²) in [6.07, 6.45) is 5.40. The summed E-state index contributed by atoms with van der Waals surface area (Å²) in [4.78, 5) is 17.2. The van der Waals surface area contributed by atoms with Gasteiger partial charge in [0.15, 0.2) is 0 Å². The Hall–Kier alpha value is -3.39. The van der Waals surface area contributed by atoms with Gasteiger partial charge in [0, 0.05) is 36.5 Å². The number of rotatable bonds is 8.